The molecule has 0 spiro atoms. The standard InChI is InChI=1S/C18H17N3O3S2/c1-14(17(22)20-15-8-4-2-5-9-15)21(18-19-12-13-25-18)26(23,24)16-10-6-3-7-11-16/h2-14H,1H3,(H,20,22). The van der Waals surface area contributed by atoms with Crippen LogP contribution in [0.3, 0.4) is 0 Å². The van der Waals surface area contributed by atoms with E-state index < -0.39 is 22.0 Å². The summed E-state index contributed by atoms with van der Waals surface area (Å²) in [6.45, 7) is 1.54. The average Bonchev–Trinajstić information content (AvgIpc) is 3.17. The Balaban J connectivity index is 1.96. The van der Waals surface area contributed by atoms with Crippen LogP contribution in [0.1, 0.15) is 6.92 Å². The van der Waals surface area contributed by atoms with Crippen molar-refractivity contribution in [2.24, 2.45) is 0 Å². The Bertz CT molecular complexity index is 959. The maximum Gasteiger partial charge on any atom is 0.266 e. The van der Waals surface area contributed by atoms with Crippen molar-refractivity contribution in [1.29, 1.82) is 0 Å². The molecule has 0 aliphatic rings. The average molecular weight is 387 g/mol. The number of aromatic nitrogens is 1. The van der Waals surface area contributed by atoms with Crippen LogP contribution in [0.5, 0.6) is 0 Å². The van der Waals surface area contributed by atoms with Crippen LogP contribution in [0.15, 0.2) is 77.1 Å². The van der Waals surface area contributed by atoms with Crippen molar-refractivity contribution in [2.45, 2.75) is 17.9 Å². The molecule has 0 saturated heterocycles. The number of rotatable bonds is 6. The van der Waals surface area contributed by atoms with Gasteiger partial charge in [0.2, 0.25) is 5.91 Å². The molecule has 1 heterocycles. The van der Waals surface area contributed by atoms with Crippen molar-refractivity contribution in [3.63, 3.8) is 0 Å². The van der Waals surface area contributed by atoms with E-state index >= 15 is 0 Å². The lowest BCUT2D eigenvalue weighted by Gasteiger charge is -2.27. The van der Waals surface area contributed by atoms with Gasteiger partial charge in [-0.2, -0.15) is 0 Å². The van der Waals surface area contributed by atoms with E-state index in [9.17, 15) is 13.2 Å². The van der Waals surface area contributed by atoms with Gasteiger partial charge in [0.25, 0.3) is 10.0 Å². The molecular formula is C18H17N3O3S2. The SMILES string of the molecule is CC(C(=O)Nc1ccccc1)N(c1nccs1)S(=O)(=O)c1ccccc1. The summed E-state index contributed by atoms with van der Waals surface area (Å²) in [5, 5.41) is 4.65. The van der Waals surface area contributed by atoms with Crippen molar-refractivity contribution in [2.75, 3.05) is 9.62 Å². The molecule has 0 bridgehead atoms. The number of hydrogen-bond donors (Lipinski definition) is 1. The largest absolute Gasteiger partial charge is 0.324 e. The second-order valence-corrected chi connectivity index (χ2v) is 8.15. The quantitative estimate of drug-likeness (QED) is 0.703. The van der Waals surface area contributed by atoms with Gasteiger partial charge in [0.1, 0.15) is 6.04 Å². The summed E-state index contributed by atoms with van der Waals surface area (Å²) in [5.74, 6) is -0.439. The fraction of sp³-hybridized carbons (Fsp3) is 0.111. The van der Waals surface area contributed by atoms with Crippen LogP contribution in [0.25, 0.3) is 0 Å². The van der Waals surface area contributed by atoms with Crippen LogP contribution in [-0.2, 0) is 14.8 Å². The minimum atomic E-state index is -3.94. The molecule has 6 nitrogen and oxygen atoms in total. The second kappa shape index (κ2) is 7.67. The molecule has 1 amide bonds. The van der Waals surface area contributed by atoms with Crippen molar-refractivity contribution in [3.05, 3.63) is 72.2 Å². The van der Waals surface area contributed by atoms with Crippen LogP contribution < -0.4 is 9.62 Å². The van der Waals surface area contributed by atoms with E-state index in [2.05, 4.69) is 10.3 Å². The number of nitrogens with zero attached hydrogens (tertiary/aromatic N) is 2. The highest BCUT2D eigenvalue weighted by Gasteiger charge is 2.34. The van der Waals surface area contributed by atoms with E-state index in [1.807, 2.05) is 6.07 Å². The molecule has 3 rings (SSSR count). The van der Waals surface area contributed by atoms with E-state index in [4.69, 9.17) is 0 Å². The van der Waals surface area contributed by atoms with Crippen molar-refractivity contribution < 1.29 is 13.2 Å². The number of nitrogens with one attached hydrogen (secondary N) is 1. The van der Waals surface area contributed by atoms with Crippen molar-refractivity contribution >= 4 is 38.1 Å². The lowest BCUT2D eigenvalue weighted by Crippen LogP contribution is -2.45. The Morgan fingerprint density at radius 1 is 1.08 bits per heavy atom. The molecule has 8 heteroatoms. The van der Waals surface area contributed by atoms with E-state index in [0.717, 1.165) is 15.6 Å². The van der Waals surface area contributed by atoms with Gasteiger partial charge in [-0.25, -0.2) is 17.7 Å². The summed E-state index contributed by atoms with van der Waals surface area (Å²) >= 11 is 1.16. The highest BCUT2D eigenvalue weighted by atomic mass is 32.2. The molecule has 2 aromatic carbocycles. The van der Waals surface area contributed by atoms with Gasteiger partial charge in [0.05, 0.1) is 4.90 Å². The molecular weight excluding hydrogens is 370 g/mol. The first-order valence-corrected chi connectivity index (χ1v) is 10.2. The molecule has 0 fully saturated rings. The number of carbonyl (C=O) groups excluding carboxylic acids is 1. The summed E-state index contributed by atoms with van der Waals surface area (Å²) in [6, 6.07) is 15.9. The van der Waals surface area contributed by atoms with Gasteiger partial charge in [-0.05, 0) is 31.2 Å². The van der Waals surface area contributed by atoms with Crippen molar-refractivity contribution in [3.8, 4) is 0 Å². The predicted molar refractivity (Wildman–Crippen MR) is 103 cm³/mol. The zero-order chi connectivity index (χ0) is 18.6. The maximum atomic E-state index is 13.1. The molecule has 0 aliphatic heterocycles. The van der Waals surface area contributed by atoms with Crippen LogP contribution >= 0.6 is 11.3 Å². The Kier molecular flexibility index (Phi) is 5.34. The Morgan fingerprint density at radius 2 is 1.69 bits per heavy atom. The lowest BCUT2D eigenvalue weighted by atomic mass is 10.3. The number of thiazole rings is 1. The Labute approximate surface area is 156 Å². The highest BCUT2D eigenvalue weighted by molar-refractivity contribution is 7.93. The second-order valence-electron chi connectivity index (χ2n) is 5.46. The number of benzene rings is 2. The summed E-state index contributed by atoms with van der Waals surface area (Å²) in [6.07, 6.45) is 1.51. The Morgan fingerprint density at radius 3 is 2.27 bits per heavy atom. The molecule has 0 saturated carbocycles. The van der Waals surface area contributed by atoms with Gasteiger partial charge in [-0.1, -0.05) is 36.4 Å². The summed E-state index contributed by atoms with van der Waals surface area (Å²) < 4.78 is 27.3. The summed E-state index contributed by atoms with van der Waals surface area (Å²) in [5.41, 5.74) is 0.598. The molecule has 1 aromatic heterocycles. The molecule has 26 heavy (non-hydrogen) atoms. The number of sulfonamides is 1. The normalized spacial score (nSPS) is 12.3. The maximum absolute atomic E-state index is 13.1. The zero-order valence-electron chi connectivity index (χ0n) is 13.9. The van der Waals surface area contributed by atoms with E-state index in [-0.39, 0.29) is 10.0 Å². The van der Waals surface area contributed by atoms with E-state index in [0.29, 0.717) is 5.69 Å². The van der Waals surface area contributed by atoms with Gasteiger partial charge in [-0.15, -0.1) is 11.3 Å². The third kappa shape index (κ3) is 3.76. The third-order valence-electron chi connectivity index (χ3n) is 3.68. The molecule has 134 valence electrons. The number of anilines is 2. The number of para-hydroxylation sites is 1. The third-order valence-corrected chi connectivity index (χ3v) is 6.44. The zero-order valence-corrected chi connectivity index (χ0v) is 15.6. The first-order valence-electron chi connectivity index (χ1n) is 7.85. The lowest BCUT2D eigenvalue weighted by molar-refractivity contribution is -0.116. The van der Waals surface area contributed by atoms with Crippen LogP contribution in [0, 0.1) is 0 Å². The predicted octanol–water partition coefficient (Wildman–Crippen LogP) is 3.37. The van der Waals surface area contributed by atoms with Gasteiger partial charge in [0.15, 0.2) is 5.13 Å². The van der Waals surface area contributed by atoms with Crippen LogP contribution in [-0.4, -0.2) is 25.4 Å². The topological polar surface area (TPSA) is 79.4 Å². The Hall–Kier alpha value is -2.71. The minimum Gasteiger partial charge on any atom is -0.324 e. The molecule has 1 unspecified atom stereocenters. The van der Waals surface area contributed by atoms with Gasteiger partial charge in [-0.3, -0.25) is 4.79 Å². The minimum absolute atomic E-state index is 0.106. The van der Waals surface area contributed by atoms with E-state index in [1.165, 1.54) is 18.3 Å². The van der Waals surface area contributed by atoms with Gasteiger partial charge in [0, 0.05) is 17.3 Å². The molecule has 0 aliphatic carbocycles. The van der Waals surface area contributed by atoms with Crippen molar-refractivity contribution in [1.82, 2.24) is 4.98 Å². The number of amides is 1. The molecule has 1 N–H and O–H groups in total. The first-order chi connectivity index (χ1) is 12.5. The first kappa shape index (κ1) is 18.1. The fourth-order valence-electron chi connectivity index (χ4n) is 2.38. The van der Waals surface area contributed by atoms with Crippen LogP contribution in [0.4, 0.5) is 10.8 Å². The smallest absolute Gasteiger partial charge is 0.266 e. The van der Waals surface area contributed by atoms with Gasteiger partial charge < -0.3 is 5.32 Å². The molecule has 1 atom stereocenters. The summed E-state index contributed by atoms with van der Waals surface area (Å²) in [4.78, 5) is 16.9. The highest BCUT2D eigenvalue weighted by Crippen LogP contribution is 2.28. The summed E-state index contributed by atoms with van der Waals surface area (Å²) in [7, 11) is -3.94. The van der Waals surface area contributed by atoms with Gasteiger partial charge >= 0.3 is 0 Å². The molecule has 3 aromatic rings. The fourth-order valence-corrected chi connectivity index (χ4v) is 4.93. The number of hydrogen-bond acceptors (Lipinski definition) is 5. The monoisotopic (exact) mass is 387 g/mol. The molecule has 0 radical (unpaired) electrons. The number of carbonyl (C=O) groups is 1. The van der Waals surface area contributed by atoms with Crippen LogP contribution in [0.2, 0.25) is 0 Å². The van der Waals surface area contributed by atoms with E-state index in [1.54, 1.807) is 54.8 Å².